The number of hydrogen-bond donors (Lipinski definition) is 2. The quantitative estimate of drug-likeness (QED) is 0.644. The summed E-state index contributed by atoms with van der Waals surface area (Å²) < 4.78 is 13.8. The van der Waals surface area contributed by atoms with Gasteiger partial charge in [-0.3, -0.25) is 9.65 Å². The molecule has 128 valence electrons. The van der Waals surface area contributed by atoms with E-state index in [1.807, 2.05) is 78.9 Å². The fraction of sp³-hybridized carbons (Fsp3) is 0.143. The third-order valence-electron chi connectivity index (χ3n) is 4.16. The first-order valence-corrected chi connectivity index (χ1v) is 10.1. The first kappa shape index (κ1) is 17.6. The highest BCUT2D eigenvalue weighted by molar-refractivity contribution is 7.76. The highest BCUT2D eigenvalue weighted by Gasteiger charge is 2.27. The smallest absolute Gasteiger partial charge is 0.204 e. The number of rotatable bonds is 7. The molecule has 1 atom stereocenters. The lowest BCUT2D eigenvalue weighted by Gasteiger charge is -2.23. The van der Waals surface area contributed by atoms with E-state index in [1.54, 1.807) is 0 Å². The molecule has 3 rings (SSSR count). The molecule has 0 unspecified atom stereocenters. The summed E-state index contributed by atoms with van der Waals surface area (Å²) >= 11 is 0. The summed E-state index contributed by atoms with van der Waals surface area (Å²) in [5.74, 6) is 0. The van der Waals surface area contributed by atoms with Crippen LogP contribution in [0.25, 0.3) is 0 Å². The molecule has 25 heavy (non-hydrogen) atoms. The fourth-order valence-corrected chi connectivity index (χ4v) is 5.18. The average molecular weight is 350 g/mol. The molecule has 0 saturated heterocycles. The number of benzene rings is 3. The molecule has 0 aliphatic rings. The van der Waals surface area contributed by atoms with Crippen molar-refractivity contribution in [3.8, 4) is 0 Å². The van der Waals surface area contributed by atoms with Crippen molar-refractivity contribution in [3.05, 3.63) is 96.6 Å². The summed E-state index contributed by atoms with van der Waals surface area (Å²) in [6.07, 6.45) is 0.747. The van der Waals surface area contributed by atoms with Gasteiger partial charge in [-0.2, -0.15) is 0 Å². The first-order valence-electron chi connectivity index (χ1n) is 8.44. The van der Waals surface area contributed by atoms with E-state index in [4.69, 9.17) is 5.73 Å². The third kappa shape index (κ3) is 4.46. The van der Waals surface area contributed by atoms with Gasteiger partial charge in [0.15, 0.2) is 0 Å². The van der Waals surface area contributed by atoms with Gasteiger partial charge in [0.1, 0.15) is 0 Å². The topological polar surface area (TPSA) is 55.1 Å². The molecule has 0 heterocycles. The molecule has 0 bridgehead atoms. The largest absolute Gasteiger partial charge is 0.326 e. The summed E-state index contributed by atoms with van der Waals surface area (Å²) in [6.45, 7) is 0.482. The maximum Gasteiger partial charge on any atom is 0.204 e. The van der Waals surface area contributed by atoms with Crippen molar-refractivity contribution in [2.24, 2.45) is 5.73 Å². The van der Waals surface area contributed by atoms with Crippen LogP contribution in [-0.2, 0) is 11.0 Å². The Labute approximate surface area is 149 Å². The lowest BCUT2D eigenvalue weighted by atomic mass is 10.1. The second-order valence-electron chi connectivity index (χ2n) is 6.09. The monoisotopic (exact) mass is 350 g/mol. The molecule has 0 aliphatic heterocycles. The number of hydrogen-bond acceptors (Lipinski definition) is 2. The Morgan fingerprint density at radius 2 is 1.20 bits per heavy atom. The van der Waals surface area contributed by atoms with Crippen LogP contribution in [0.4, 0.5) is 0 Å². The molecular formula is C21H23N2OP. The van der Waals surface area contributed by atoms with Crippen LogP contribution in [0, 0.1) is 0 Å². The molecule has 0 aromatic heterocycles. The van der Waals surface area contributed by atoms with Crippen LogP contribution in [0.15, 0.2) is 91.0 Å². The van der Waals surface area contributed by atoms with Crippen LogP contribution in [0.3, 0.4) is 0 Å². The lowest BCUT2D eigenvalue weighted by Crippen LogP contribution is -2.38. The predicted octanol–water partition coefficient (Wildman–Crippen LogP) is 3.08. The minimum Gasteiger partial charge on any atom is -0.326 e. The maximum atomic E-state index is 13.8. The average Bonchev–Trinajstić information content (AvgIpc) is 2.68. The van der Waals surface area contributed by atoms with E-state index in [1.165, 1.54) is 5.56 Å². The van der Waals surface area contributed by atoms with E-state index in [2.05, 4.69) is 17.2 Å². The Bertz CT molecular complexity index is 779. The highest BCUT2D eigenvalue weighted by atomic mass is 31.2. The van der Waals surface area contributed by atoms with Crippen LogP contribution in [0.2, 0.25) is 0 Å². The Morgan fingerprint density at radius 1 is 0.760 bits per heavy atom. The molecule has 3 aromatic carbocycles. The second-order valence-corrected chi connectivity index (χ2v) is 8.66. The summed E-state index contributed by atoms with van der Waals surface area (Å²) in [5.41, 5.74) is 7.47. The van der Waals surface area contributed by atoms with Crippen molar-refractivity contribution in [2.75, 3.05) is 6.54 Å². The zero-order valence-electron chi connectivity index (χ0n) is 14.1. The summed E-state index contributed by atoms with van der Waals surface area (Å²) in [4.78, 5) is 0. The second kappa shape index (κ2) is 8.26. The van der Waals surface area contributed by atoms with E-state index < -0.39 is 7.29 Å². The molecule has 4 heteroatoms. The molecule has 0 spiro atoms. The molecule has 0 aliphatic carbocycles. The van der Waals surface area contributed by atoms with Gasteiger partial charge in [-0.15, -0.1) is 0 Å². The minimum absolute atomic E-state index is 0.108. The first-order chi connectivity index (χ1) is 12.2. The van der Waals surface area contributed by atoms with Crippen LogP contribution in [0.1, 0.15) is 5.56 Å². The zero-order valence-corrected chi connectivity index (χ0v) is 15.0. The summed E-state index contributed by atoms with van der Waals surface area (Å²) in [5, 5.41) is 4.88. The molecule has 0 amide bonds. The maximum absolute atomic E-state index is 13.8. The highest BCUT2D eigenvalue weighted by Crippen LogP contribution is 2.38. The van der Waals surface area contributed by atoms with Gasteiger partial charge >= 0.3 is 0 Å². The molecule has 3 aromatic rings. The minimum atomic E-state index is -2.91. The van der Waals surface area contributed by atoms with E-state index in [-0.39, 0.29) is 6.04 Å². The van der Waals surface area contributed by atoms with Crippen molar-refractivity contribution in [2.45, 2.75) is 12.5 Å². The molecule has 0 fully saturated rings. The van der Waals surface area contributed by atoms with E-state index >= 15 is 0 Å². The fourth-order valence-electron chi connectivity index (χ4n) is 2.84. The van der Waals surface area contributed by atoms with Crippen molar-refractivity contribution >= 4 is 17.9 Å². The van der Waals surface area contributed by atoms with Crippen LogP contribution in [0.5, 0.6) is 0 Å². The standard InChI is InChI=1S/C21H23N2OP/c22-19(16-18-10-4-1-5-11-18)17-23-25(24,20-12-6-2-7-13-20)21-14-8-3-9-15-21/h1-15,19H,16-17,22H2,(H,23,24)/t19-/m0/s1. The summed E-state index contributed by atoms with van der Waals surface area (Å²) in [7, 11) is -2.91. The third-order valence-corrected chi connectivity index (χ3v) is 6.84. The molecule has 0 saturated carbocycles. The predicted molar refractivity (Wildman–Crippen MR) is 106 cm³/mol. The van der Waals surface area contributed by atoms with Crippen molar-refractivity contribution in [3.63, 3.8) is 0 Å². The van der Waals surface area contributed by atoms with E-state index in [9.17, 15) is 4.57 Å². The molecule has 0 radical (unpaired) electrons. The SMILES string of the molecule is N[C@H](CNP(=O)(c1ccccc1)c1ccccc1)Cc1ccccc1. The zero-order chi connectivity index (χ0) is 17.5. The Morgan fingerprint density at radius 3 is 1.68 bits per heavy atom. The normalized spacial score (nSPS) is 12.7. The van der Waals surface area contributed by atoms with Gasteiger partial charge in [0.05, 0.1) is 0 Å². The Kier molecular flexibility index (Phi) is 5.83. The summed E-state index contributed by atoms with van der Waals surface area (Å²) in [6, 6.07) is 29.2. The van der Waals surface area contributed by atoms with Gasteiger partial charge < -0.3 is 5.73 Å². The van der Waals surface area contributed by atoms with Crippen LogP contribution >= 0.6 is 7.29 Å². The molecule has 3 nitrogen and oxygen atoms in total. The van der Waals surface area contributed by atoms with Gasteiger partial charge in [-0.1, -0.05) is 66.7 Å². The van der Waals surface area contributed by atoms with Gasteiger partial charge in [-0.05, 0) is 36.2 Å². The van der Waals surface area contributed by atoms with Gasteiger partial charge in [0, 0.05) is 23.2 Å². The van der Waals surface area contributed by atoms with Crippen molar-refractivity contribution in [1.82, 2.24) is 5.09 Å². The number of nitrogens with one attached hydrogen (secondary N) is 1. The van der Waals surface area contributed by atoms with Gasteiger partial charge in [0.25, 0.3) is 0 Å². The van der Waals surface area contributed by atoms with E-state index in [0.29, 0.717) is 6.54 Å². The Hall–Kier alpha value is -2.19. The molecule has 3 N–H and O–H groups in total. The Balaban J connectivity index is 1.78. The van der Waals surface area contributed by atoms with E-state index in [0.717, 1.165) is 17.0 Å². The van der Waals surface area contributed by atoms with Crippen molar-refractivity contribution < 1.29 is 4.57 Å². The molecular weight excluding hydrogens is 327 g/mol. The van der Waals surface area contributed by atoms with Crippen LogP contribution in [-0.4, -0.2) is 12.6 Å². The lowest BCUT2D eigenvalue weighted by molar-refractivity contribution is 0.568. The van der Waals surface area contributed by atoms with Gasteiger partial charge in [0.2, 0.25) is 7.29 Å². The van der Waals surface area contributed by atoms with Crippen molar-refractivity contribution in [1.29, 1.82) is 0 Å². The van der Waals surface area contributed by atoms with Crippen LogP contribution < -0.4 is 21.4 Å². The van der Waals surface area contributed by atoms with Gasteiger partial charge in [-0.25, -0.2) is 0 Å². The number of nitrogens with two attached hydrogens (primary N) is 1.